The van der Waals surface area contributed by atoms with E-state index in [0.717, 1.165) is 0 Å². The van der Waals surface area contributed by atoms with E-state index in [9.17, 15) is 5.11 Å². The van der Waals surface area contributed by atoms with Gasteiger partial charge in [-0.25, -0.2) is 0 Å². The molecule has 13 heavy (non-hydrogen) atoms. The molecule has 3 N–H and O–H groups in total. The van der Waals surface area contributed by atoms with Crippen LogP contribution in [0.25, 0.3) is 0 Å². The molecule has 2 unspecified atom stereocenters. The summed E-state index contributed by atoms with van der Waals surface area (Å²) >= 11 is 1.76. The van der Waals surface area contributed by atoms with Crippen molar-refractivity contribution in [2.75, 3.05) is 6.61 Å². The smallest absolute Gasteiger partial charge is 0.0565 e. The first-order valence-corrected chi connectivity index (χ1v) is 5.75. The van der Waals surface area contributed by atoms with Gasteiger partial charge in [-0.1, -0.05) is 34.6 Å². The molecule has 0 aromatic carbocycles. The van der Waals surface area contributed by atoms with Crippen LogP contribution >= 0.6 is 11.8 Å². The Morgan fingerprint density at radius 1 is 1.31 bits per heavy atom. The summed E-state index contributed by atoms with van der Waals surface area (Å²) in [5, 5.41) is 9.88. The maximum atomic E-state index is 9.21. The van der Waals surface area contributed by atoms with E-state index in [-0.39, 0.29) is 23.3 Å². The highest BCUT2D eigenvalue weighted by atomic mass is 32.2. The number of aliphatic hydroxyl groups is 1. The van der Waals surface area contributed by atoms with Gasteiger partial charge >= 0.3 is 0 Å². The van der Waals surface area contributed by atoms with Crippen LogP contribution in [0.2, 0.25) is 0 Å². The molecule has 0 aliphatic heterocycles. The van der Waals surface area contributed by atoms with E-state index in [2.05, 4.69) is 34.6 Å². The largest absolute Gasteiger partial charge is 0.395 e. The fourth-order valence-corrected chi connectivity index (χ4v) is 2.51. The molecule has 0 radical (unpaired) electrons. The van der Waals surface area contributed by atoms with Crippen LogP contribution in [0.1, 0.15) is 34.6 Å². The SMILES string of the molecule is CC(C)SC(CO)C(N)C(C)(C)C. The first-order valence-electron chi connectivity index (χ1n) is 4.81. The lowest BCUT2D eigenvalue weighted by Gasteiger charge is -2.33. The highest BCUT2D eigenvalue weighted by molar-refractivity contribution is 8.00. The zero-order valence-corrected chi connectivity index (χ0v) is 10.2. The molecular formula is C10H23NOS. The summed E-state index contributed by atoms with van der Waals surface area (Å²) in [7, 11) is 0. The first kappa shape index (κ1) is 13.3. The lowest BCUT2D eigenvalue weighted by molar-refractivity contribution is 0.233. The van der Waals surface area contributed by atoms with Crippen molar-refractivity contribution in [1.82, 2.24) is 0 Å². The minimum Gasteiger partial charge on any atom is -0.395 e. The predicted molar refractivity (Wildman–Crippen MR) is 61.0 cm³/mol. The monoisotopic (exact) mass is 205 g/mol. The Morgan fingerprint density at radius 3 is 2.00 bits per heavy atom. The van der Waals surface area contributed by atoms with E-state index in [1.807, 2.05) is 0 Å². The van der Waals surface area contributed by atoms with Crippen molar-refractivity contribution in [1.29, 1.82) is 0 Å². The predicted octanol–water partition coefficient (Wildman–Crippen LogP) is 1.86. The highest BCUT2D eigenvalue weighted by Gasteiger charge is 2.29. The molecule has 0 saturated heterocycles. The van der Waals surface area contributed by atoms with E-state index < -0.39 is 0 Å². The van der Waals surface area contributed by atoms with Crippen LogP contribution in [0, 0.1) is 5.41 Å². The number of hydrogen-bond acceptors (Lipinski definition) is 3. The van der Waals surface area contributed by atoms with E-state index in [1.54, 1.807) is 11.8 Å². The van der Waals surface area contributed by atoms with Crippen molar-refractivity contribution < 1.29 is 5.11 Å². The van der Waals surface area contributed by atoms with E-state index in [0.29, 0.717) is 5.25 Å². The van der Waals surface area contributed by atoms with Gasteiger partial charge in [-0.15, -0.1) is 0 Å². The topological polar surface area (TPSA) is 46.2 Å². The second-order valence-corrected chi connectivity index (χ2v) is 6.62. The van der Waals surface area contributed by atoms with Gasteiger partial charge in [0.25, 0.3) is 0 Å². The van der Waals surface area contributed by atoms with Crippen molar-refractivity contribution in [3.05, 3.63) is 0 Å². The van der Waals surface area contributed by atoms with Crippen LogP contribution < -0.4 is 5.73 Å². The van der Waals surface area contributed by atoms with Gasteiger partial charge < -0.3 is 10.8 Å². The van der Waals surface area contributed by atoms with Gasteiger partial charge in [-0.2, -0.15) is 11.8 Å². The van der Waals surface area contributed by atoms with Crippen molar-refractivity contribution >= 4 is 11.8 Å². The molecule has 0 bridgehead atoms. The Labute approximate surface area is 86.3 Å². The van der Waals surface area contributed by atoms with Gasteiger partial charge in [0.2, 0.25) is 0 Å². The van der Waals surface area contributed by atoms with Crippen LogP contribution in [0.5, 0.6) is 0 Å². The molecule has 2 nitrogen and oxygen atoms in total. The van der Waals surface area contributed by atoms with Gasteiger partial charge in [-0.3, -0.25) is 0 Å². The Balaban J connectivity index is 4.23. The molecular weight excluding hydrogens is 182 g/mol. The minimum absolute atomic E-state index is 0.0462. The summed E-state index contributed by atoms with van der Waals surface area (Å²) in [5.74, 6) is 0. The van der Waals surface area contributed by atoms with Crippen LogP contribution in [0.3, 0.4) is 0 Å². The van der Waals surface area contributed by atoms with Crippen molar-refractivity contribution in [2.24, 2.45) is 11.1 Å². The third kappa shape index (κ3) is 4.89. The summed E-state index contributed by atoms with van der Waals surface area (Å²) in [6, 6.07) is 0.0462. The molecule has 3 heteroatoms. The Morgan fingerprint density at radius 2 is 1.77 bits per heavy atom. The molecule has 0 aliphatic rings. The van der Waals surface area contributed by atoms with E-state index in [1.165, 1.54) is 0 Å². The zero-order valence-electron chi connectivity index (χ0n) is 9.37. The molecule has 2 atom stereocenters. The van der Waals surface area contributed by atoms with Crippen molar-refractivity contribution in [2.45, 2.75) is 51.2 Å². The number of rotatable bonds is 4. The lowest BCUT2D eigenvalue weighted by atomic mass is 9.85. The molecule has 0 rings (SSSR count). The molecule has 0 spiro atoms. The van der Waals surface area contributed by atoms with Gasteiger partial charge in [0, 0.05) is 11.3 Å². The standard InChI is InChI=1S/C10H23NOS/c1-7(2)13-8(6-12)9(11)10(3,4)5/h7-9,12H,6,11H2,1-5H3. The lowest BCUT2D eigenvalue weighted by Crippen LogP contribution is -2.45. The summed E-state index contributed by atoms with van der Waals surface area (Å²) < 4.78 is 0. The van der Waals surface area contributed by atoms with Gasteiger partial charge in [0.05, 0.1) is 6.61 Å². The molecule has 0 amide bonds. The van der Waals surface area contributed by atoms with Gasteiger partial charge in [-0.05, 0) is 10.7 Å². The number of hydrogen-bond donors (Lipinski definition) is 2. The molecule has 80 valence electrons. The summed E-state index contributed by atoms with van der Waals surface area (Å²) in [5.41, 5.74) is 6.14. The van der Waals surface area contributed by atoms with Crippen molar-refractivity contribution in [3.63, 3.8) is 0 Å². The Kier molecular flexibility index (Phi) is 5.33. The van der Waals surface area contributed by atoms with E-state index >= 15 is 0 Å². The summed E-state index contributed by atoms with van der Waals surface area (Å²) in [6.07, 6.45) is 0. The third-order valence-corrected chi connectivity index (χ3v) is 3.36. The average molecular weight is 205 g/mol. The fraction of sp³-hybridized carbons (Fsp3) is 1.00. The minimum atomic E-state index is 0.0462. The quantitative estimate of drug-likeness (QED) is 0.736. The van der Waals surface area contributed by atoms with Crippen LogP contribution in [-0.2, 0) is 0 Å². The molecule has 0 saturated carbocycles. The average Bonchev–Trinajstić information content (AvgIpc) is 1.96. The Bertz CT molecular complexity index is 142. The fourth-order valence-electron chi connectivity index (χ4n) is 1.15. The normalized spacial score (nSPS) is 17.5. The maximum Gasteiger partial charge on any atom is 0.0565 e. The van der Waals surface area contributed by atoms with Crippen LogP contribution in [0.4, 0.5) is 0 Å². The first-order chi connectivity index (χ1) is 5.79. The highest BCUT2D eigenvalue weighted by Crippen LogP contribution is 2.28. The third-order valence-electron chi connectivity index (χ3n) is 2.03. The van der Waals surface area contributed by atoms with Crippen molar-refractivity contribution in [3.8, 4) is 0 Å². The van der Waals surface area contributed by atoms with Crippen LogP contribution in [-0.4, -0.2) is 28.3 Å². The Hall–Kier alpha value is 0.270. The van der Waals surface area contributed by atoms with Crippen LogP contribution in [0.15, 0.2) is 0 Å². The second kappa shape index (κ2) is 5.23. The zero-order chi connectivity index (χ0) is 10.6. The number of aliphatic hydroxyl groups excluding tert-OH is 1. The molecule has 0 heterocycles. The maximum absolute atomic E-state index is 9.21. The molecule has 0 aliphatic carbocycles. The summed E-state index contributed by atoms with van der Waals surface area (Å²) in [6.45, 7) is 10.8. The molecule has 0 fully saturated rings. The second-order valence-electron chi connectivity index (χ2n) is 4.80. The molecule has 0 aromatic rings. The van der Waals surface area contributed by atoms with E-state index in [4.69, 9.17) is 5.73 Å². The van der Waals surface area contributed by atoms with Gasteiger partial charge in [0.1, 0.15) is 0 Å². The van der Waals surface area contributed by atoms with Gasteiger partial charge in [0.15, 0.2) is 0 Å². The summed E-state index contributed by atoms with van der Waals surface area (Å²) in [4.78, 5) is 0. The molecule has 0 aromatic heterocycles. The number of nitrogens with two attached hydrogens (primary N) is 1. The number of thioether (sulfide) groups is 1.